The normalized spacial score (nSPS) is 15.9. The number of hydrogen-bond donors (Lipinski definition) is 1. The number of benzene rings is 2. The molecule has 2 aliphatic rings. The molecule has 0 unspecified atom stereocenters. The van der Waals surface area contributed by atoms with Crippen molar-refractivity contribution < 1.29 is 9.90 Å². The van der Waals surface area contributed by atoms with E-state index in [1.807, 2.05) is 39.0 Å². The average molecular weight is 494 g/mol. The summed E-state index contributed by atoms with van der Waals surface area (Å²) < 4.78 is 2.08. The number of hydrogen-bond acceptors (Lipinski definition) is 4. The molecule has 0 bridgehead atoms. The largest absolute Gasteiger partial charge is 0.465 e. The minimum Gasteiger partial charge on any atom is -0.465 e. The molecule has 4 aromatic rings. The lowest BCUT2D eigenvalue weighted by Crippen LogP contribution is -2.60. The van der Waals surface area contributed by atoms with Crippen LogP contribution in [0.4, 0.5) is 4.79 Å². The second-order valence-corrected chi connectivity index (χ2v) is 11.1. The summed E-state index contributed by atoms with van der Waals surface area (Å²) in [6.07, 6.45) is 4.43. The Morgan fingerprint density at radius 3 is 2.35 bits per heavy atom. The van der Waals surface area contributed by atoms with Gasteiger partial charge in [-0.15, -0.1) is 10.2 Å². The highest BCUT2D eigenvalue weighted by Crippen LogP contribution is 2.50. The van der Waals surface area contributed by atoms with E-state index in [-0.39, 0.29) is 0 Å². The topological polar surface area (TPSA) is 84.1 Å². The molecule has 1 amide bonds. The van der Waals surface area contributed by atoms with E-state index in [1.165, 1.54) is 0 Å². The van der Waals surface area contributed by atoms with Gasteiger partial charge in [0.1, 0.15) is 6.33 Å². The highest BCUT2D eigenvalue weighted by atomic mass is 16.4. The molecule has 1 saturated carbocycles. The Labute approximate surface area is 216 Å². The zero-order chi connectivity index (χ0) is 25.8. The first kappa shape index (κ1) is 23.4. The van der Waals surface area contributed by atoms with E-state index in [9.17, 15) is 9.90 Å². The first-order valence-electron chi connectivity index (χ1n) is 12.9. The van der Waals surface area contributed by atoms with Gasteiger partial charge in [-0.2, -0.15) is 0 Å². The number of carboxylic acid groups (broad SMARTS) is 1. The summed E-state index contributed by atoms with van der Waals surface area (Å²) in [6, 6.07) is 20.9. The molecule has 0 saturated heterocycles. The quantitative estimate of drug-likeness (QED) is 0.356. The number of pyridine rings is 1. The van der Waals surface area contributed by atoms with Crippen LogP contribution in [0.25, 0.3) is 33.8 Å². The molecular weight excluding hydrogens is 462 g/mol. The maximum atomic E-state index is 12.4. The highest BCUT2D eigenvalue weighted by molar-refractivity contribution is 5.84. The van der Waals surface area contributed by atoms with Crippen LogP contribution in [0.1, 0.15) is 51.3 Å². The standard InChI is InChI=1S/C30H31N5O2/c1-29(2,3)35(28(36)37)30(15-7-16-30)22-12-10-21(11-13-22)26-23(20-8-5-4-6-9-20)18-24-25(32-26)14-17-34-19-31-33-27(24)34/h4-6,8-13,18-19H,7,14-17H2,1-3H3,(H,36,37). The van der Waals surface area contributed by atoms with E-state index in [0.717, 1.165) is 77.3 Å². The Morgan fingerprint density at radius 1 is 1.00 bits per heavy atom. The number of aryl methyl sites for hydroxylation is 2. The van der Waals surface area contributed by atoms with E-state index in [2.05, 4.69) is 57.2 Å². The molecule has 2 aromatic carbocycles. The number of carbonyl (C=O) groups is 1. The maximum absolute atomic E-state index is 12.4. The Hall–Kier alpha value is -4.00. The highest BCUT2D eigenvalue weighted by Gasteiger charge is 2.50. The van der Waals surface area contributed by atoms with Gasteiger partial charge in [0.25, 0.3) is 0 Å². The van der Waals surface area contributed by atoms with Crippen molar-refractivity contribution in [1.82, 2.24) is 24.6 Å². The van der Waals surface area contributed by atoms with Gasteiger partial charge in [-0.1, -0.05) is 54.6 Å². The van der Waals surface area contributed by atoms with Gasteiger partial charge in [0.2, 0.25) is 0 Å². The maximum Gasteiger partial charge on any atom is 0.408 e. The first-order chi connectivity index (χ1) is 17.8. The minimum absolute atomic E-state index is 0.488. The Kier molecular flexibility index (Phi) is 5.40. The summed E-state index contributed by atoms with van der Waals surface area (Å²) in [5.74, 6) is 0.857. The van der Waals surface area contributed by atoms with Gasteiger partial charge in [0, 0.05) is 35.2 Å². The molecule has 188 valence electrons. The Balaban J connectivity index is 1.46. The first-order valence-corrected chi connectivity index (χ1v) is 12.9. The molecule has 2 aromatic heterocycles. The van der Waals surface area contributed by atoms with Crippen LogP contribution >= 0.6 is 0 Å². The number of aromatic nitrogens is 4. The minimum atomic E-state index is -0.869. The van der Waals surface area contributed by atoms with Gasteiger partial charge in [-0.25, -0.2) is 4.79 Å². The number of nitrogens with zero attached hydrogens (tertiary/aromatic N) is 5. The van der Waals surface area contributed by atoms with Crippen molar-refractivity contribution in [1.29, 1.82) is 0 Å². The predicted molar refractivity (Wildman–Crippen MR) is 143 cm³/mol. The van der Waals surface area contributed by atoms with Crippen LogP contribution in [-0.2, 0) is 18.5 Å². The van der Waals surface area contributed by atoms with Crippen LogP contribution in [0.3, 0.4) is 0 Å². The third-order valence-electron chi connectivity index (χ3n) is 7.80. The molecular formula is C30H31N5O2. The molecule has 7 nitrogen and oxygen atoms in total. The van der Waals surface area contributed by atoms with Crippen molar-refractivity contribution in [2.24, 2.45) is 0 Å². The van der Waals surface area contributed by atoms with Gasteiger partial charge in [-0.05, 0) is 57.2 Å². The summed E-state index contributed by atoms with van der Waals surface area (Å²) in [5.41, 5.74) is 6.20. The van der Waals surface area contributed by atoms with E-state index in [1.54, 1.807) is 11.2 Å². The fourth-order valence-corrected chi connectivity index (χ4v) is 6.05. The van der Waals surface area contributed by atoms with Crippen molar-refractivity contribution in [2.75, 3.05) is 0 Å². The van der Waals surface area contributed by atoms with Crippen molar-refractivity contribution in [3.63, 3.8) is 0 Å². The van der Waals surface area contributed by atoms with Crippen LogP contribution in [0.15, 0.2) is 67.0 Å². The SMILES string of the molecule is CC(C)(C)N(C(=O)O)C1(c2ccc(-c3nc4c(cc3-c3ccccc3)-c3nncn3CC4)cc2)CCC1. The van der Waals surface area contributed by atoms with E-state index < -0.39 is 17.2 Å². The second-order valence-electron chi connectivity index (χ2n) is 11.1. The summed E-state index contributed by atoms with van der Waals surface area (Å²) in [5, 5.41) is 18.6. The van der Waals surface area contributed by atoms with Crippen molar-refractivity contribution in [3.8, 4) is 33.8 Å². The molecule has 1 aliphatic carbocycles. The van der Waals surface area contributed by atoms with Crippen molar-refractivity contribution in [2.45, 2.75) is 64.1 Å². The molecule has 0 atom stereocenters. The summed E-state index contributed by atoms with van der Waals surface area (Å²) in [6.45, 7) is 6.73. The molecule has 1 aliphatic heterocycles. The molecule has 3 heterocycles. The molecule has 1 N–H and O–H groups in total. The summed E-state index contributed by atoms with van der Waals surface area (Å²) in [4.78, 5) is 19.2. The van der Waals surface area contributed by atoms with Crippen LogP contribution < -0.4 is 0 Å². The molecule has 6 rings (SSSR count). The van der Waals surface area contributed by atoms with Crippen LogP contribution in [0.5, 0.6) is 0 Å². The van der Waals surface area contributed by atoms with Gasteiger partial charge >= 0.3 is 6.09 Å². The van der Waals surface area contributed by atoms with E-state index in [0.29, 0.717) is 0 Å². The second kappa shape index (κ2) is 8.54. The third-order valence-corrected chi connectivity index (χ3v) is 7.80. The summed E-state index contributed by atoms with van der Waals surface area (Å²) >= 11 is 0. The zero-order valence-electron chi connectivity index (χ0n) is 21.5. The van der Waals surface area contributed by atoms with Crippen LogP contribution in [-0.4, -0.2) is 41.4 Å². The molecule has 0 spiro atoms. The molecule has 7 heteroatoms. The lowest BCUT2D eigenvalue weighted by atomic mass is 9.69. The average Bonchev–Trinajstić information content (AvgIpc) is 3.34. The van der Waals surface area contributed by atoms with Gasteiger partial charge in [0.05, 0.1) is 16.9 Å². The van der Waals surface area contributed by atoms with E-state index >= 15 is 0 Å². The Bertz CT molecular complexity index is 1460. The fraction of sp³-hybridized carbons (Fsp3) is 0.333. The zero-order valence-corrected chi connectivity index (χ0v) is 21.5. The number of rotatable bonds is 4. The number of amides is 1. The van der Waals surface area contributed by atoms with Gasteiger partial charge in [0.15, 0.2) is 5.82 Å². The van der Waals surface area contributed by atoms with Crippen LogP contribution in [0.2, 0.25) is 0 Å². The monoisotopic (exact) mass is 493 g/mol. The van der Waals surface area contributed by atoms with Crippen molar-refractivity contribution in [3.05, 3.63) is 78.2 Å². The fourth-order valence-electron chi connectivity index (χ4n) is 6.05. The van der Waals surface area contributed by atoms with E-state index in [4.69, 9.17) is 4.98 Å². The molecule has 0 radical (unpaired) electrons. The van der Waals surface area contributed by atoms with Crippen LogP contribution in [0, 0.1) is 0 Å². The predicted octanol–water partition coefficient (Wildman–Crippen LogP) is 6.39. The van der Waals surface area contributed by atoms with Crippen molar-refractivity contribution >= 4 is 6.09 Å². The number of fused-ring (bicyclic) bond motifs is 3. The van der Waals surface area contributed by atoms with Gasteiger partial charge in [-0.3, -0.25) is 9.88 Å². The summed E-state index contributed by atoms with van der Waals surface area (Å²) in [7, 11) is 0. The lowest BCUT2D eigenvalue weighted by Gasteiger charge is -2.54. The Morgan fingerprint density at radius 2 is 1.73 bits per heavy atom. The lowest BCUT2D eigenvalue weighted by molar-refractivity contribution is -0.0328. The molecule has 37 heavy (non-hydrogen) atoms. The molecule has 1 fully saturated rings. The third kappa shape index (κ3) is 3.80. The smallest absolute Gasteiger partial charge is 0.408 e. The van der Waals surface area contributed by atoms with Gasteiger partial charge < -0.3 is 9.67 Å².